The van der Waals surface area contributed by atoms with E-state index in [0.29, 0.717) is 22.5 Å². The Labute approximate surface area is 257 Å². The van der Waals surface area contributed by atoms with Gasteiger partial charge in [0.05, 0.1) is 24.1 Å². The van der Waals surface area contributed by atoms with Crippen molar-refractivity contribution in [3.05, 3.63) is 105 Å². The molecule has 1 N–H and O–H groups in total. The summed E-state index contributed by atoms with van der Waals surface area (Å²) in [5.41, 5.74) is 3.87. The zero-order valence-corrected chi connectivity index (χ0v) is 26.0. The fourth-order valence-electron chi connectivity index (χ4n) is 6.02. The molecule has 0 bridgehead atoms. The SMILES string of the molecule is COc1cccc([C@@]2(O)CCCC[C@@H]2CN(C)C)c1.Cc1nnc2n1-c1ccc(Cl)cc1C(c1ccccc1Cl)=NC2. The second-order valence-electron chi connectivity index (χ2n) is 11.2. The molecule has 0 radical (unpaired) electrons. The highest BCUT2D eigenvalue weighted by atomic mass is 35.5. The van der Waals surface area contributed by atoms with Crippen molar-refractivity contribution < 1.29 is 9.84 Å². The van der Waals surface area contributed by atoms with E-state index in [2.05, 4.69) is 29.2 Å². The molecule has 3 aromatic carbocycles. The van der Waals surface area contributed by atoms with Crippen LogP contribution in [0.1, 0.15) is 54.0 Å². The van der Waals surface area contributed by atoms with Gasteiger partial charge in [0.2, 0.25) is 0 Å². The fraction of sp³-hybridized carbons (Fsp3) is 0.364. The van der Waals surface area contributed by atoms with Crippen molar-refractivity contribution in [2.75, 3.05) is 27.7 Å². The van der Waals surface area contributed by atoms with Crippen LogP contribution < -0.4 is 4.74 Å². The summed E-state index contributed by atoms with van der Waals surface area (Å²) >= 11 is 12.6. The van der Waals surface area contributed by atoms with Crippen molar-refractivity contribution in [3.8, 4) is 11.4 Å². The third-order valence-electron chi connectivity index (χ3n) is 8.05. The maximum atomic E-state index is 11.2. The first-order valence-corrected chi connectivity index (χ1v) is 15.0. The minimum atomic E-state index is -0.711. The van der Waals surface area contributed by atoms with E-state index in [-0.39, 0.29) is 0 Å². The van der Waals surface area contributed by atoms with Crippen LogP contribution >= 0.6 is 23.2 Å². The van der Waals surface area contributed by atoms with Crippen LogP contribution in [0.5, 0.6) is 5.75 Å². The Hall–Kier alpha value is -3.23. The summed E-state index contributed by atoms with van der Waals surface area (Å²) in [6.07, 6.45) is 4.24. The predicted octanol–water partition coefficient (Wildman–Crippen LogP) is 6.87. The molecule has 1 fully saturated rings. The maximum absolute atomic E-state index is 11.2. The fourth-order valence-corrected chi connectivity index (χ4v) is 6.41. The van der Waals surface area contributed by atoms with Crippen LogP contribution in [0.15, 0.2) is 71.7 Å². The number of aryl methyl sites for hydroxylation is 1. The first kappa shape index (κ1) is 30.2. The smallest absolute Gasteiger partial charge is 0.159 e. The zero-order chi connectivity index (χ0) is 29.9. The van der Waals surface area contributed by atoms with Crippen molar-refractivity contribution in [3.63, 3.8) is 0 Å². The summed E-state index contributed by atoms with van der Waals surface area (Å²) in [6, 6.07) is 21.3. The largest absolute Gasteiger partial charge is 0.497 e. The lowest BCUT2D eigenvalue weighted by atomic mass is 9.71. The van der Waals surface area contributed by atoms with E-state index in [1.807, 2.05) is 78.2 Å². The number of benzene rings is 3. The third kappa shape index (κ3) is 6.25. The van der Waals surface area contributed by atoms with Crippen molar-refractivity contribution in [1.29, 1.82) is 0 Å². The maximum Gasteiger partial charge on any atom is 0.159 e. The van der Waals surface area contributed by atoms with E-state index in [9.17, 15) is 5.11 Å². The number of halogens is 2. The topological polar surface area (TPSA) is 75.8 Å². The lowest BCUT2D eigenvalue weighted by Gasteiger charge is -2.41. The van der Waals surface area contributed by atoms with E-state index >= 15 is 0 Å². The second kappa shape index (κ2) is 13.0. The lowest BCUT2D eigenvalue weighted by molar-refractivity contribution is -0.0619. The first-order valence-electron chi connectivity index (χ1n) is 14.2. The predicted molar refractivity (Wildman–Crippen MR) is 169 cm³/mol. The molecule has 9 heteroatoms. The molecule has 1 aliphatic carbocycles. The molecule has 7 nitrogen and oxygen atoms in total. The number of hydrogen-bond donors (Lipinski definition) is 1. The summed E-state index contributed by atoms with van der Waals surface area (Å²) in [4.78, 5) is 6.91. The summed E-state index contributed by atoms with van der Waals surface area (Å²) in [5, 5.41) is 20.9. The molecule has 1 saturated carbocycles. The molecule has 42 heavy (non-hydrogen) atoms. The Morgan fingerprint density at radius 1 is 1.00 bits per heavy atom. The molecule has 220 valence electrons. The van der Waals surface area contributed by atoms with E-state index in [1.165, 1.54) is 6.42 Å². The van der Waals surface area contributed by atoms with Gasteiger partial charge in [-0.3, -0.25) is 9.56 Å². The Balaban J connectivity index is 0.000000172. The van der Waals surface area contributed by atoms with Crippen molar-refractivity contribution in [2.24, 2.45) is 10.9 Å². The molecule has 6 rings (SSSR count). The van der Waals surface area contributed by atoms with Gasteiger partial charge in [-0.2, -0.15) is 0 Å². The normalized spacial score (nSPS) is 19.6. The quantitative estimate of drug-likeness (QED) is 0.269. The van der Waals surface area contributed by atoms with Crippen molar-refractivity contribution >= 4 is 28.9 Å². The molecule has 0 spiro atoms. The number of ether oxygens (including phenoxy) is 1. The number of aromatic nitrogens is 3. The monoisotopic (exact) mass is 605 g/mol. The van der Waals surface area contributed by atoms with E-state index in [1.54, 1.807) is 7.11 Å². The first-order chi connectivity index (χ1) is 20.2. The minimum Gasteiger partial charge on any atom is -0.497 e. The van der Waals surface area contributed by atoms with Crippen LogP contribution in [0, 0.1) is 12.8 Å². The molecule has 4 aromatic rings. The van der Waals surface area contributed by atoms with E-state index in [4.69, 9.17) is 32.9 Å². The molecule has 2 aliphatic rings. The molecule has 0 saturated heterocycles. The van der Waals surface area contributed by atoms with Gasteiger partial charge in [0.25, 0.3) is 0 Å². The van der Waals surface area contributed by atoms with E-state index in [0.717, 1.165) is 71.3 Å². The Morgan fingerprint density at radius 2 is 1.81 bits per heavy atom. The van der Waals surface area contributed by atoms with Gasteiger partial charge in [-0.15, -0.1) is 10.2 Å². The molecule has 2 atom stereocenters. The van der Waals surface area contributed by atoms with Crippen LogP contribution in [-0.4, -0.2) is 58.2 Å². The van der Waals surface area contributed by atoms with Crippen molar-refractivity contribution in [1.82, 2.24) is 19.7 Å². The number of hydrogen-bond acceptors (Lipinski definition) is 6. The number of aliphatic hydroxyl groups is 1. The molecule has 2 heterocycles. The van der Waals surface area contributed by atoms with Crippen LogP contribution in [-0.2, 0) is 12.1 Å². The second-order valence-corrected chi connectivity index (χ2v) is 12.0. The molecular formula is C33H37Cl2N5O2. The van der Waals surface area contributed by atoms with Crippen LogP contribution in [0.3, 0.4) is 0 Å². The van der Waals surface area contributed by atoms with Gasteiger partial charge in [-0.1, -0.05) is 66.4 Å². The number of aliphatic imine (C=N–C) groups is 1. The molecular weight excluding hydrogens is 569 g/mol. The highest BCUT2D eigenvalue weighted by Gasteiger charge is 2.40. The van der Waals surface area contributed by atoms with Crippen LogP contribution in [0.25, 0.3) is 5.69 Å². The zero-order valence-electron chi connectivity index (χ0n) is 24.5. The average Bonchev–Trinajstić information content (AvgIpc) is 3.27. The van der Waals surface area contributed by atoms with Gasteiger partial charge in [0.1, 0.15) is 18.1 Å². The highest BCUT2D eigenvalue weighted by molar-refractivity contribution is 6.36. The van der Waals surface area contributed by atoms with Crippen LogP contribution in [0.4, 0.5) is 0 Å². The minimum absolute atomic E-state index is 0.295. The van der Waals surface area contributed by atoms with Gasteiger partial charge in [-0.25, -0.2) is 0 Å². The number of methoxy groups -OCH3 is 1. The highest BCUT2D eigenvalue weighted by Crippen LogP contribution is 2.42. The van der Waals surface area contributed by atoms with E-state index < -0.39 is 5.60 Å². The lowest BCUT2D eigenvalue weighted by Crippen LogP contribution is -2.43. The van der Waals surface area contributed by atoms with Crippen molar-refractivity contribution in [2.45, 2.75) is 44.8 Å². The molecule has 0 unspecified atom stereocenters. The standard InChI is InChI=1S/C17H12Cl2N4.C16H25NO2/c1-10-21-22-16-9-20-17(12-4-2-3-5-14(12)19)13-8-11(18)6-7-15(13)23(10)16;1-17(2)12-14-7-4-5-10-16(14,18)13-8-6-9-15(11-13)19-3/h2-8H,9H2,1H3;6,8-9,11,14,18H,4-5,7,10,12H2,1-3H3/t;14-,16+/m.1/s1. The van der Waals surface area contributed by atoms with Gasteiger partial charge in [0.15, 0.2) is 5.82 Å². The summed E-state index contributed by atoms with van der Waals surface area (Å²) in [7, 11) is 5.81. The van der Waals surface area contributed by atoms with Gasteiger partial charge in [-0.05, 0) is 75.8 Å². The average molecular weight is 607 g/mol. The number of nitrogens with zero attached hydrogens (tertiary/aromatic N) is 5. The molecule has 1 aromatic heterocycles. The summed E-state index contributed by atoms with van der Waals surface area (Å²) in [5.74, 6) is 2.73. The molecule has 1 aliphatic heterocycles. The Kier molecular flexibility index (Phi) is 9.33. The number of rotatable bonds is 5. The van der Waals surface area contributed by atoms with Gasteiger partial charge in [0, 0.05) is 33.6 Å². The van der Waals surface area contributed by atoms with Gasteiger partial charge >= 0.3 is 0 Å². The van der Waals surface area contributed by atoms with Crippen LogP contribution in [0.2, 0.25) is 10.0 Å². The Bertz CT molecular complexity index is 1580. The molecule has 0 amide bonds. The number of fused-ring (bicyclic) bond motifs is 3. The third-order valence-corrected chi connectivity index (χ3v) is 8.61. The Morgan fingerprint density at radius 3 is 2.57 bits per heavy atom. The van der Waals surface area contributed by atoms with Gasteiger partial charge < -0.3 is 14.7 Å². The summed E-state index contributed by atoms with van der Waals surface area (Å²) < 4.78 is 7.30. The summed E-state index contributed by atoms with van der Waals surface area (Å²) in [6.45, 7) is 3.29.